The molecule has 1 heterocycles. The van der Waals surface area contributed by atoms with Gasteiger partial charge in [0.1, 0.15) is 11.4 Å². The molecule has 1 aromatic rings. The minimum absolute atomic E-state index is 0.0861. The first-order valence-electron chi connectivity index (χ1n) is 6.42. The van der Waals surface area contributed by atoms with Crippen molar-refractivity contribution in [2.24, 2.45) is 0 Å². The van der Waals surface area contributed by atoms with Crippen LogP contribution in [-0.2, 0) is 16.0 Å². The number of carbonyl (C=O) groups is 1. The lowest BCUT2D eigenvalue weighted by molar-refractivity contribution is -0.153. The maximum atomic E-state index is 14.2. The maximum Gasteiger partial charge on any atom is 0.310 e. The second-order valence-corrected chi connectivity index (χ2v) is 5.65. The average Bonchev–Trinajstić information content (AvgIpc) is 2.31. The van der Waals surface area contributed by atoms with E-state index in [0.717, 1.165) is 12.8 Å². The molecule has 0 N–H and O–H groups in total. The highest BCUT2D eigenvalue weighted by molar-refractivity contribution is 5.73. The van der Waals surface area contributed by atoms with Gasteiger partial charge in [0, 0.05) is 17.0 Å². The van der Waals surface area contributed by atoms with Crippen LogP contribution in [0.4, 0.5) is 4.39 Å². The lowest BCUT2D eigenvalue weighted by Crippen LogP contribution is -2.35. The van der Waals surface area contributed by atoms with E-state index in [4.69, 9.17) is 4.74 Å². The van der Waals surface area contributed by atoms with Crippen molar-refractivity contribution in [1.29, 1.82) is 0 Å². The molecule has 4 heteroatoms. The molecule has 0 amide bonds. The van der Waals surface area contributed by atoms with Gasteiger partial charge in [0.15, 0.2) is 0 Å². The normalized spacial score (nSPS) is 14.1. The fraction of sp³-hybridized carbons (Fsp3) is 0.467. The van der Waals surface area contributed by atoms with Gasteiger partial charge in [0.2, 0.25) is 0 Å². The highest BCUT2D eigenvalue weighted by atomic mass is 19.1. The van der Waals surface area contributed by atoms with Crippen LogP contribution < -0.4 is 10.6 Å². The van der Waals surface area contributed by atoms with Gasteiger partial charge in [-0.25, -0.2) is 4.39 Å². The second-order valence-electron chi connectivity index (χ2n) is 5.65. The number of hydrogen-bond acceptors (Lipinski definition) is 3. The Morgan fingerprint density at radius 1 is 1.37 bits per heavy atom. The Kier molecular flexibility index (Phi) is 3.69. The van der Waals surface area contributed by atoms with E-state index in [1.54, 1.807) is 20.8 Å². The van der Waals surface area contributed by atoms with Crippen molar-refractivity contribution < 1.29 is 13.9 Å². The highest BCUT2D eigenvalue weighted by Gasteiger charge is 2.18. The average molecular weight is 263 g/mol. The number of rotatable bonds is 2. The summed E-state index contributed by atoms with van der Waals surface area (Å²) in [6.45, 7) is 5.36. The predicted octanol–water partition coefficient (Wildman–Crippen LogP) is 1.46. The van der Waals surface area contributed by atoms with Crippen LogP contribution in [0.5, 0.6) is 0 Å². The van der Waals surface area contributed by atoms with Crippen LogP contribution in [-0.4, -0.2) is 16.6 Å². The standard InChI is InChI=1S/C15H18FNO2/c1-15(2,3)19-13(18)8-10-9-17-12-7-5-4-6-11(12)14(10)16/h6-7,9H,4-5,8H2,1-3H3. The van der Waals surface area contributed by atoms with Crippen LogP contribution in [0.15, 0.2) is 6.20 Å². The molecule has 0 saturated carbocycles. The summed E-state index contributed by atoms with van der Waals surface area (Å²) in [5.74, 6) is -0.792. The molecule has 0 spiro atoms. The maximum absolute atomic E-state index is 14.2. The Morgan fingerprint density at radius 2 is 2.05 bits per heavy atom. The van der Waals surface area contributed by atoms with Crippen LogP contribution in [0.3, 0.4) is 0 Å². The van der Waals surface area contributed by atoms with E-state index in [-0.39, 0.29) is 12.2 Å². The molecule has 19 heavy (non-hydrogen) atoms. The van der Waals surface area contributed by atoms with Gasteiger partial charge in [0.25, 0.3) is 0 Å². The summed E-state index contributed by atoms with van der Waals surface area (Å²) in [6.07, 6.45) is 6.77. The fourth-order valence-corrected chi connectivity index (χ4v) is 2.02. The number of hydrogen-bond donors (Lipinski definition) is 0. The molecule has 0 bridgehead atoms. The van der Waals surface area contributed by atoms with E-state index < -0.39 is 11.6 Å². The molecule has 0 unspecified atom stereocenters. The van der Waals surface area contributed by atoms with Crippen LogP contribution in [0, 0.1) is 5.82 Å². The third-order valence-corrected chi connectivity index (χ3v) is 2.76. The first-order chi connectivity index (χ1) is 8.87. The van der Waals surface area contributed by atoms with Gasteiger partial charge in [-0.2, -0.15) is 0 Å². The fourth-order valence-electron chi connectivity index (χ4n) is 2.02. The van der Waals surface area contributed by atoms with Crippen molar-refractivity contribution in [2.75, 3.05) is 0 Å². The summed E-state index contributed by atoms with van der Waals surface area (Å²) in [4.78, 5) is 15.9. The number of fused-ring (bicyclic) bond motifs is 1. The van der Waals surface area contributed by atoms with E-state index in [1.807, 2.05) is 12.2 Å². The molecule has 1 aromatic heterocycles. The number of ether oxygens (including phenoxy) is 1. The summed E-state index contributed by atoms with van der Waals surface area (Å²) in [5, 5.41) is 1.17. The summed E-state index contributed by atoms with van der Waals surface area (Å²) >= 11 is 0. The van der Waals surface area contributed by atoms with E-state index in [1.165, 1.54) is 6.20 Å². The zero-order valence-electron chi connectivity index (χ0n) is 11.5. The minimum Gasteiger partial charge on any atom is -0.460 e. The molecule has 0 radical (unpaired) electrons. The molecule has 0 aliphatic heterocycles. The molecule has 0 saturated heterocycles. The molecular formula is C15H18FNO2. The zero-order valence-corrected chi connectivity index (χ0v) is 11.5. The van der Waals surface area contributed by atoms with E-state index in [9.17, 15) is 9.18 Å². The first kappa shape index (κ1) is 13.7. The largest absolute Gasteiger partial charge is 0.460 e. The van der Waals surface area contributed by atoms with Crippen LogP contribution in [0.1, 0.15) is 39.2 Å². The quantitative estimate of drug-likeness (QED) is 0.758. The second kappa shape index (κ2) is 5.11. The molecule has 1 aliphatic carbocycles. The number of halogens is 1. The Labute approximate surface area is 111 Å². The molecule has 1 aliphatic rings. The van der Waals surface area contributed by atoms with Crippen LogP contribution >= 0.6 is 0 Å². The molecule has 0 fully saturated rings. The molecular weight excluding hydrogens is 245 g/mol. The molecule has 2 rings (SSSR count). The summed E-state index contributed by atoms with van der Waals surface area (Å²) in [5.41, 5.74) is -0.269. The Morgan fingerprint density at radius 3 is 2.74 bits per heavy atom. The number of carbonyl (C=O) groups excluding carboxylic acids is 1. The topological polar surface area (TPSA) is 39.2 Å². The van der Waals surface area contributed by atoms with Crippen molar-refractivity contribution in [1.82, 2.24) is 4.98 Å². The van der Waals surface area contributed by atoms with E-state index >= 15 is 0 Å². The van der Waals surface area contributed by atoms with E-state index in [2.05, 4.69) is 4.98 Å². The number of pyridine rings is 1. The summed E-state index contributed by atoms with van der Waals surface area (Å²) in [6, 6.07) is 0. The third kappa shape index (κ3) is 3.40. The van der Waals surface area contributed by atoms with Gasteiger partial charge in [-0.15, -0.1) is 0 Å². The van der Waals surface area contributed by atoms with E-state index in [0.29, 0.717) is 16.1 Å². The monoisotopic (exact) mass is 263 g/mol. The SMILES string of the molecule is CC(C)(C)OC(=O)Cc1cnc2c(c1F)=CCCC=2. The van der Waals surface area contributed by atoms with Crippen LogP contribution in [0.2, 0.25) is 0 Å². The number of nitrogens with zero attached hydrogens (tertiary/aromatic N) is 1. The highest BCUT2D eigenvalue weighted by Crippen LogP contribution is 2.10. The predicted molar refractivity (Wildman–Crippen MR) is 71.2 cm³/mol. The number of esters is 1. The zero-order chi connectivity index (χ0) is 14.0. The summed E-state index contributed by atoms with van der Waals surface area (Å²) in [7, 11) is 0. The number of aromatic nitrogens is 1. The third-order valence-electron chi connectivity index (χ3n) is 2.76. The van der Waals surface area contributed by atoms with Gasteiger partial charge in [0.05, 0.1) is 11.8 Å². The van der Waals surface area contributed by atoms with Crippen molar-refractivity contribution in [2.45, 2.75) is 45.6 Å². The van der Waals surface area contributed by atoms with Gasteiger partial charge in [-0.1, -0.05) is 12.2 Å². The van der Waals surface area contributed by atoms with Gasteiger partial charge < -0.3 is 4.74 Å². The molecule has 102 valence electrons. The van der Waals surface area contributed by atoms with Crippen LogP contribution in [0.25, 0.3) is 12.2 Å². The van der Waals surface area contributed by atoms with Crippen molar-refractivity contribution in [3.8, 4) is 0 Å². The first-order valence-corrected chi connectivity index (χ1v) is 6.42. The lowest BCUT2D eigenvalue weighted by atomic mass is 10.1. The Balaban J connectivity index is 2.26. The van der Waals surface area contributed by atoms with Gasteiger partial charge in [-0.05, 0) is 33.6 Å². The Bertz CT molecular complexity index is 614. The van der Waals surface area contributed by atoms with Crippen molar-refractivity contribution >= 4 is 18.1 Å². The summed E-state index contributed by atoms with van der Waals surface area (Å²) < 4.78 is 19.4. The molecule has 3 nitrogen and oxygen atoms in total. The lowest BCUT2D eigenvalue weighted by Gasteiger charge is -2.19. The van der Waals surface area contributed by atoms with Gasteiger partial charge >= 0.3 is 5.97 Å². The minimum atomic E-state index is -0.560. The van der Waals surface area contributed by atoms with Gasteiger partial charge in [-0.3, -0.25) is 9.78 Å². The van der Waals surface area contributed by atoms with Crippen molar-refractivity contribution in [3.63, 3.8) is 0 Å². The molecule has 0 aromatic carbocycles. The van der Waals surface area contributed by atoms with Crippen molar-refractivity contribution in [3.05, 3.63) is 28.1 Å². The molecule has 0 atom stereocenters. The Hall–Kier alpha value is -1.71. The smallest absolute Gasteiger partial charge is 0.310 e.